The van der Waals surface area contributed by atoms with Gasteiger partial charge in [-0.1, -0.05) is 18.2 Å². The molecule has 4 saturated heterocycles. The summed E-state index contributed by atoms with van der Waals surface area (Å²) in [5, 5.41) is 9.49. The summed E-state index contributed by atoms with van der Waals surface area (Å²) in [6.07, 6.45) is 3.64. The minimum Gasteiger partial charge on any atom is -0.367 e. The van der Waals surface area contributed by atoms with Crippen molar-refractivity contribution in [3.05, 3.63) is 106 Å². The van der Waals surface area contributed by atoms with Crippen molar-refractivity contribution in [2.24, 2.45) is 7.05 Å². The van der Waals surface area contributed by atoms with Gasteiger partial charge in [-0.3, -0.25) is 48.2 Å². The number of imidazole rings is 1. The number of fused-ring (bicyclic) bond motifs is 2. The number of rotatable bonds is 10. The number of amides is 5. The molecule has 5 amide bonds. The van der Waals surface area contributed by atoms with Crippen LogP contribution in [0.5, 0.6) is 0 Å². The second-order valence-corrected chi connectivity index (χ2v) is 18.5. The number of nitrogens with one attached hydrogen (secondary N) is 4. The summed E-state index contributed by atoms with van der Waals surface area (Å²) < 4.78 is 20.4. The predicted octanol–water partition coefficient (Wildman–Crippen LogP) is 4.03. The Morgan fingerprint density at radius 2 is 1.57 bits per heavy atom. The Balaban J connectivity index is 0.843. The second kappa shape index (κ2) is 18.3. The van der Waals surface area contributed by atoms with Crippen molar-refractivity contribution in [3.63, 3.8) is 0 Å². The number of carbonyl (C=O) groups is 5. The molecule has 10 rings (SSSR count). The third-order valence-electron chi connectivity index (χ3n) is 14.5. The number of halogens is 1. The van der Waals surface area contributed by atoms with Crippen LogP contribution in [0.2, 0.25) is 0 Å². The van der Waals surface area contributed by atoms with E-state index in [4.69, 9.17) is 0 Å². The number of likely N-dealkylation sites (tertiary alicyclic amines) is 1. The molecule has 4 N–H and O–H groups in total. The molecule has 68 heavy (non-hydrogen) atoms. The van der Waals surface area contributed by atoms with Crippen molar-refractivity contribution < 1.29 is 28.4 Å². The average Bonchev–Trinajstić information content (AvgIpc) is 4.01. The van der Waals surface area contributed by atoms with Crippen molar-refractivity contribution in [1.29, 1.82) is 0 Å². The van der Waals surface area contributed by atoms with E-state index in [1.54, 1.807) is 54.0 Å². The van der Waals surface area contributed by atoms with Crippen molar-refractivity contribution >= 4 is 63.3 Å². The van der Waals surface area contributed by atoms with E-state index in [1.165, 1.54) is 11.6 Å². The number of carbonyl (C=O) groups excluding carboxylic acids is 5. The van der Waals surface area contributed by atoms with Crippen LogP contribution in [-0.2, 0) is 32.8 Å². The van der Waals surface area contributed by atoms with E-state index in [0.717, 1.165) is 81.0 Å². The van der Waals surface area contributed by atoms with Gasteiger partial charge >= 0.3 is 5.69 Å². The van der Waals surface area contributed by atoms with E-state index in [0.29, 0.717) is 59.1 Å². The maximum Gasteiger partial charge on any atom is 0.329 e. The summed E-state index contributed by atoms with van der Waals surface area (Å²) in [5.74, 6) is -1.97. The molecule has 6 heterocycles. The lowest BCUT2D eigenvalue weighted by Gasteiger charge is -2.43. The fraction of sp³-hybridized carbons (Fsp3) is 0.400. The van der Waals surface area contributed by atoms with Gasteiger partial charge in [0.15, 0.2) is 0 Å². The molecule has 5 aliphatic rings. The molecular weight excluding hydrogens is 870 g/mol. The monoisotopic (exact) mass is 925 g/mol. The summed E-state index contributed by atoms with van der Waals surface area (Å²) in [6.45, 7) is 6.08. The van der Waals surface area contributed by atoms with Gasteiger partial charge in [0.25, 0.3) is 5.91 Å². The number of imide groups is 1. The molecule has 18 heteroatoms. The van der Waals surface area contributed by atoms with Crippen molar-refractivity contribution in [1.82, 2.24) is 35.0 Å². The number of hydrogen-bond donors (Lipinski definition) is 4. The number of nitrogens with zero attached hydrogens (tertiary/aromatic N) is 7. The van der Waals surface area contributed by atoms with Gasteiger partial charge in [0.1, 0.15) is 17.9 Å². The lowest BCUT2D eigenvalue weighted by atomic mass is 9.93. The molecular formula is C50H56FN11O6. The maximum absolute atomic E-state index is 17.2. The highest BCUT2D eigenvalue weighted by Gasteiger charge is 2.37. The molecule has 5 aliphatic heterocycles. The first-order valence-corrected chi connectivity index (χ1v) is 23.5. The first-order valence-electron chi connectivity index (χ1n) is 23.5. The standard InChI is InChI=1S/C50H56FN11O6/c1-52-47(65)30-7-4-8-32(27-30)53-49(67)45-43-37(57(3)55-45)15-14-36(44(43)51)35-13-12-34(61-20-6-11-42(61)64)28-31(35)29-58-21-18-33(19-22-58)59-23-25-60(26-24-59)38-9-5-10-39-46(38)56(2)50(68)62(39)40-16-17-41(63)54-48(40)66/h4-5,7-10,12-15,27-28,33,40,45,55H,6,11,16-26,29H2,1-3H3,(H,52,65)(H,53,67)(H,54,63,66). The zero-order valence-electron chi connectivity index (χ0n) is 38.5. The van der Waals surface area contributed by atoms with Crippen LogP contribution in [0.25, 0.3) is 22.2 Å². The Kier molecular flexibility index (Phi) is 12.1. The van der Waals surface area contributed by atoms with Gasteiger partial charge in [0.2, 0.25) is 23.6 Å². The molecule has 0 radical (unpaired) electrons. The van der Waals surface area contributed by atoms with Crippen LogP contribution in [0.15, 0.2) is 77.6 Å². The van der Waals surface area contributed by atoms with Gasteiger partial charge in [-0.2, -0.15) is 0 Å². The van der Waals surface area contributed by atoms with Crippen molar-refractivity contribution in [2.45, 2.75) is 63.2 Å². The molecule has 4 fully saturated rings. The number of piperidine rings is 2. The van der Waals surface area contributed by atoms with Gasteiger partial charge in [-0.05, 0) is 104 Å². The fourth-order valence-corrected chi connectivity index (χ4v) is 10.9. The molecule has 0 spiro atoms. The largest absolute Gasteiger partial charge is 0.367 e. The summed E-state index contributed by atoms with van der Waals surface area (Å²) in [4.78, 5) is 86.4. The number of aromatic nitrogens is 2. The van der Waals surface area contributed by atoms with E-state index in [-0.39, 0.29) is 41.8 Å². The van der Waals surface area contributed by atoms with Gasteiger partial charge in [-0.15, -0.1) is 0 Å². The van der Waals surface area contributed by atoms with Crippen LogP contribution >= 0.6 is 0 Å². The van der Waals surface area contributed by atoms with E-state index >= 15 is 4.39 Å². The lowest BCUT2D eigenvalue weighted by Crippen LogP contribution is -2.53. The maximum atomic E-state index is 17.2. The number of benzene rings is 4. The molecule has 354 valence electrons. The van der Waals surface area contributed by atoms with Crippen LogP contribution in [0, 0.1) is 5.82 Å². The topological polar surface area (TPSA) is 177 Å². The van der Waals surface area contributed by atoms with E-state index in [1.807, 2.05) is 47.4 Å². The zero-order valence-corrected chi connectivity index (χ0v) is 38.5. The summed E-state index contributed by atoms with van der Waals surface area (Å²) in [5.41, 5.74) is 9.55. The van der Waals surface area contributed by atoms with Crippen LogP contribution in [0.4, 0.5) is 27.1 Å². The van der Waals surface area contributed by atoms with Crippen molar-refractivity contribution in [2.75, 3.05) is 80.0 Å². The third kappa shape index (κ3) is 8.19. The quantitative estimate of drug-likeness (QED) is 0.149. The first-order chi connectivity index (χ1) is 32.9. The molecule has 0 saturated carbocycles. The number of piperazine rings is 1. The second-order valence-electron chi connectivity index (χ2n) is 18.5. The molecule has 2 atom stereocenters. The minimum absolute atomic E-state index is 0.0727. The van der Waals surface area contributed by atoms with Crippen LogP contribution in [0.1, 0.15) is 72.1 Å². The van der Waals surface area contributed by atoms with Crippen LogP contribution in [0.3, 0.4) is 0 Å². The Morgan fingerprint density at radius 1 is 0.809 bits per heavy atom. The third-order valence-corrected chi connectivity index (χ3v) is 14.5. The summed E-state index contributed by atoms with van der Waals surface area (Å²) >= 11 is 0. The first kappa shape index (κ1) is 44.9. The Morgan fingerprint density at radius 3 is 2.31 bits per heavy atom. The lowest BCUT2D eigenvalue weighted by molar-refractivity contribution is -0.135. The van der Waals surface area contributed by atoms with E-state index < -0.39 is 29.7 Å². The highest BCUT2D eigenvalue weighted by Crippen LogP contribution is 2.41. The number of para-hydroxylation sites is 1. The minimum atomic E-state index is -1.04. The number of hydrogen-bond acceptors (Lipinski definition) is 11. The van der Waals surface area contributed by atoms with Crippen molar-refractivity contribution in [3.8, 4) is 11.1 Å². The molecule has 17 nitrogen and oxygen atoms in total. The normalized spacial score (nSPS) is 20.6. The zero-order chi connectivity index (χ0) is 47.4. The highest BCUT2D eigenvalue weighted by atomic mass is 19.1. The molecule has 4 aromatic carbocycles. The molecule has 0 aliphatic carbocycles. The number of hydrazine groups is 1. The molecule has 2 unspecified atom stereocenters. The highest BCUT2D eigenvalue weighted by molar-refractivity contribution is 6.02. The number of aryl methyl sites for hydroxylation is 1. The SMILES string of the molecule is CNC(=O)c1cccc(NC(=O)C2NN(C)c3ccc(-c4ccc(N5CCCC5=O)cc4CN4CCC(N5CCN(c6cccc7c6n(C)c(=O)n7C6CCC(=O)NC6=O)CC5)CC4)c(F)c32)c1. The molecule has 1 aromatic heterocycles. The Hall–Kier alpha value is -6.89. The summed E-state index contributed by atoms with van der Waals surface area (Å²) in [7, 11) is 5.01. The molecule has 5 aromatic rings. The van der Waals surface area contributed by atoms with Gasteiger partial charge < -0.3 is 25.4 Å². The molecule has 0 bridgehead atoms. The Bertz CT molecular complexity index is 2920. The van der Waals surface area contributed by atoms with Gasteiger partial charge in [0, 0.05) is 107 Å². The average molecular weight is 926 g/mol. The van der Waals surface area contributed by atoms with Crippen LogP contribution in [-0.4, -0.2) is 114 Å². The van der Waals surface area contributed by atoms with Crippen LogP contribution < -0.4 is 41.9 Å². The van der Waals surface area contributed by atoms with Gasteiger partial charge in [0.05, 0.1) is 22.4 Å². The number of anilines is 4. The predicted molar refractivity (Wildman–Crippen MR) is 257 cm³/mol. The van der Waals surface area contributed by atoms with Gasteiger partial charge in [-0.25, -0.2) is 14.6 Å². The Labute approximate surface area is 392 Å². The van der Waals surface area contributed by atoms with E-state index in [9.17, 15) is 28.8 Å². The smallest absolute Gasteiger partial charge is 0.329 e. The fourth-order valence-electron chi connectivity index (χ4n) is 10.9. The van der Waals surface area contributed by atoms with E-state index in [2.05, 4.69) is 36.1 Å². The summed E-state index contributed by atoms with van der Waals surface area (Å²) in [6, 6.07) is 20.4.